The van der Waals surface area contributed by atoms with E-state index in [1.54, 1.807) is 0 Å². The average molecular weight is 326 g/mol. The number of carbonyl (C=O) groups is 1. The lowest BCUT2D eigenvalue weighted by Crippen LogP contribution is -2.53. The van der Waals surface area contributed by atoms with Crippen molar-refractivity contribution < 1.29 is 18.3 Å². The molecule has 1 aromatic carbocycles. The first kappa shape index (κ1) is 17.7. The first-order valence-corrected chi connectivity index (χ1v) is 7.84. The van der Waals surface area contributed by atoms with E-state index in [-0.39, 0.29) is 18.1 Å². The summed E-state index contributed by atoms with van der Waals surface area (Å²) in [7, 11) is 0. The Hall–Kier alpha value is -1.69. The van der Waals surface area contributed by atoms with Gasteiger partial charge in [0.1, 0.15) is 17.2 Å². The van der Waals surface area contributed by atoms with Crippen molar-refractivity contribution in [2.45, 2.75) is 64.3 Å². The minimum atomic E-state index is -0.580. The van der Waals surface area contributed by atoms with E-state index in [0.717, 1.165) is 18.9 Å². The number of alkyl carbamates (subject to hydrolysis) is 1. The molecule has 0 bridgehead atoms. The maximum absolute atomic E-state index is 13.7. The summed E-state index contributed by atoms with van der Waals surface area (Å²) in [5.41, 5.74) is -0.0740. The van der Waals surface area contributed by atoms with Gasteiger partial charge in [0, 0.05) is 29.8 Å². The van der Waals surface area contributed by atoms with Crippen molar-refractivity contribution in [2.75, 3.05) is 0 Å². The van der Waals surface area contributed by atoms with E-state index in [4.69, 9.17) is 4.74 Å². The van der Waals surface area contributed by atoms with Gasteiger partial charge in [-0.1, -0.05) is 6.07 Å². The molecule has 1 aliphatic carbocycles. The Bertz CT molecular complexity index is 566. The van der Waals surface area contributed by atoms with E-state index in [1.165, 1.54) is 12.1 Å². The molecule has 2 N–H and O–H groups in total. The van der Waals surface area contributed by atoms with Crippen LogP contribution in [0.25, 0.3) is 0 Å². The van der Waals surface area contributed by atoms with Crippen molar-refractivity contribution in [3.8, 4) is 0 Å². The molecule has 6 heteroatoms. The fraction of sp³-hybridized carbons (Fsp3) is 0.588. The highest BCUT2D eigenvalue weighted by Crippen LogP contribution is 2.25. The molecular weight excluding hydrogens is 302 g/mol. The van der Waals surface area contributed by atoms with Crippen molar-refractivity contribution in [3.63, 3.8) is 0 Å². The molecule has 0 radical (unpaired) electrons. The summed E-state index contributed by atoms with van der Waals surface area (Å²) in [5, 5.41) is 6.10. The van der Waals surface area contributed by atoms with Crippen molar-refractivity contribution >= 4 is 6.09 Å². The van der Waals surface area contributed by atoms with E-state index < -0.39 is 23.3 Å². The van der Waals surface area contributed by atoms with E-state index >= 15 is 0 Å². The summed E-state index contributed by atoms with van der Waals surface area (Å²) in [5.74, 6) is -1.13. The zero-order chi connectivity index (χ0) is 17.2. The first-order chi connectivity index (χ1) is 10.6. The van der Waals surface area contributed by atoms with Gasteiger partial charge in [-0.3, -0.25) is 0 Å². The van der Waals surface area contributed by atoms with Crippen LogP contribution in [0.15, 0.2) is 18.2 Å². The number of rotatable bonds is 4. The summed E-state index contributed by atoms with van der Waals surface area (Å²) in [6.45, 7) is 7.29. The van der Waals surface area contributed by atoms with E-state index in [0.29, 0.717) is 5.56 Å². The van der Waals surface area contributed by atoms with Crippen LogP contribution in [-0.4, -0.2) is 23.8 Å². The zero-order valence-corrected chi connectivity index (χ0v) is 14.0. The highest BCUT2D eigenvalue weighted by molar-refractivity contribution is 5.68. The lowest BCUT2D eigenvalue weighted by Gasteiger charge is -2.38. The topological polar surface area (TPSA) is 50.4 Å². The van der Waals surface area contributed by atoms with Gasteiger partial charge in [0.2, 0.25) is 0 Å². The van der Waals surface area contributed by atoms with Gasteiger partial charge >= 0.3 is 6.09 Å². The molecular formula is C17H24F2N2O2. The minimum absolute atomic E-state index is 0.0626. The Morgan fingerprint density at radius 1 is 1.26 bits per heavy atom. The molecule has 1 aliphatic rings. The second kappa shape index (κ2) is 6.83. The molecule has 1 amide bonds. The van der Waals surface area contributed by atoms with Gasteiger partial charge in [0.25, 0.3) is 0 Å². The average Bonchev–Trinajstić information content (AvgIpc) is 2.33. The number of halogens is 2. The van der Waals surface area contributed by atoms with Crippen LogP contribution in [0, 0.1) is 11.6 Å². The molecule has 0 heterocycles. The second-order valence-corrected chi connectivity index (χ2v) is 7.07. The summed E-state index contributed by atoms with van der Waals surface area (Å²) in [6.07, 6.45) is 1.09. The Morgan fingerprint density at radius 3 is 2.48 bits per heavy atom. The van der Waals surface area contributed by atoms with Gasteiger partial charge in [-0.05, 0) is 46.6 Å². The molecule has 1 fully saturated rings. The lowest BCUT2D eigenvalue weighted by molar-refractivity contribution is 0.0463. The molecule has 128 valence electrons. The summed E-state index contributed by atoms with van der Waals surface area (Å²) < 4.78 is 31.9. The van der Waals surface area contributed by atoms with Crippen molar-refractivity contribution in [1.29, 1.82) is 0 Å². The number of nitrogens with one attached hydrogen (secondary N) is 2. The molecule has 23 heavy (non-hydrogen) atoms. The maximum Gasteiger partial charge on any atom is 0.407 e. The quantitative estimate of drug-likeness (QED) is 0.887. The molecule has 1 unspecified atom stereocenters. The molecule has 1 atom stereocenters. The minimum Gasteiger partial charge on any atom is -0.444 e. The normalized spacial score (nSPS) is 22.2. The molecule has 0 saturated heterocycles. The van der Waals surface area contributed by atoms with Crippen LogP contribution >= 0.6 is 0 Å². The van der Waals surface area contributed by atoms with Gasteiger partial charge in [0.05, 0.1) is 0 Å². The van der Waals surface area contributed by atoms with Gasteiger partial charge in [-0.25, -0.2) is 13.6 Å². The fourth-order valence-corrected chi connectivity index (χ4v) is 2.64. The number of benzene rings is 1. The van der Waals surface area contributed by atoms with Gasteiger partial charge in [0.15, 0.2) is 0 Å². The third-order valence-corrected chi connectivity index (χ3v) is 3.77. The SMILES string of the molecule is CC(NC1CC(NC(=O)OC(C)(C)C)C1)c1ccc(F)cc1F. The molecule has 1 aromatic rings. The van der Waals surface area contributed by atoms with Crippen LogP contribution in [-0.2, 0) is 4.74 Å². The van der Waals surface area contributed by atoms with Gasteiger partial charge < -0.3 is 15.4 Å². The molecule has 0 aromatic heterocycles. The van der Waals surface area contributed by atoms with Crippen LogP contribution < -0.4 is 10.6 Å². The number of hydrogen-bond acceptors (Lipinski definition) is 3. The lowest BCUT2D eigenvalue weighted by atomic mass is 9.86. The summed E-state index contributed by atoms with van der Waals surface area (Å²) in [4.78, 5) is 11.6. The van der Waals surface area contributed by atoms with Crippen LogP contribution in [0.1, 0.15) is 52.1 Å². The van der Waals surface area contributed by atoms with Gasteiger partial charge in [-0.15, -0.1) is 0 Å². The standard InChI is InChI=1S/C17H24F2N2O2/c1-10(14-6-5-11(18)7-15(14)19)20-12-8-13(9-12)21-16(22)23-17(2,3)4/h5-7,10,12-13,20H,8-9H2,1-4H3,(H,21,22). The fourth-order valence-electron chi connectivity index (χ4n) is 2.64. The van der Waals surface area contributed by atoms with Crippen LogP contribution in [0.4, 0.5) is 13.6 Å². The highest BCUT2D eigenvalue weighted by Gasteiger charge is 2.32. The van der Waals surface area contributed by atoms with E-state index in [9.17, 15) is 13.6 Å². The smallest absolute Gasteiger partial charge is 0.407 e. The zero-order valence-electron chi connectivity index (χ0n) is 14.0. The largest absolute Gasteiger partial charge is 0.444 e. The van der Waals surface area contributed by atoms with Gasteiger partial charge in [-0.2, -0.15) is 0 Å². The molecule has 0 aliphatic heterocycles. The molecule has 1 saturated carbocycles. The van der Waals surface area contributed by atoms with Crippen LogP contribution in [0.3, 0.4) is 0 Å². The highest BCUT2D eigenvalue weighted by atomic mass is 19.1. The predicted molar refractivity (Wildman–Crippen MR) is 84.1 cm³/mol. The maximum atomic E-state index is 13.7. The third kappa shape index (κ3) is 5.16. The van der Waals surface area contributed by atoms with Crippen molar-refractivity contribution in [1.82, 2.24) is 10.6 Å². The van der Waals surface area contributed by atoms with Crippen molar-refractivity contribution in [2.24, 2.45) is 0 Å². The second-order valence-electron chi connectivity index (χ2n) is 7.07. The Morgan fingerprint density at radius 2 is 1.91 bits per heavy atom. The molecule has 2 rings (SSSR count). The molecule has 4 nitrogen and oxygen atoms in total. The van der Waals surface area contributed by atoms with Crippen molar-refractivity contribution in [3.05, 3.63) is 35.4 Å². The van der Waals surface area contributed by atoms with E-state index in [2.05, 4.69) is 10.6 Å². The summed E-state index contributed by atoms with van der Waals surface area (Å²) >= 11 is 0. The monoisotopic (exact) mass is 326 g/mol. The Kier molecular flexibility index (Phi) is 5.24. The van der Waals surface area contributed by atoms with E-state index in [1.807, 2.05) is 27.7 Å². The van der Waals surface area contributed by atoms with Crippen LogP contribution in [0.5, 0.6) is 0 Å². The number of carbonyl (C=O) groups excluding carboxylic acids is 1. The predicted octanol–water partition coefficient (Wildman–Crippen LogP) is 3.67. The number of amides is 1. The van der Waals surface area contributed by atoms with Crippen LogP contribution in [0.2, 0.25) is 0 Å². The Balaban J connectivity index is 1.76. The Labute approximate surface area is 135 Å². The summed E-state index contributed by atoms with van der Waals surface area (Å²) in [6, 6.07) is 3.63. The first-order valence-electron chi connectivity index (χ1n) is 7.84. The third-order valence-electron chi connectivity index (χ3n) is 3.77. The number of hydrogen-bond donors (Lipinski definition) is 2. The number of ether oxygens (including phenoxy) is 1. The molecule has 0 spiro atoms.